The molecule has 1 saturated heterocycles. The third-order valence-corrected chi connectivity index (χ3v) is 4.72. The molecule has 1 atom stereocenters. The summed E-state index contributed by atoms with van der Waals surface area (Å²) >= 11 is 0. The van der Waals surface area contributed by atoms with Crippen LogP contribution in [0.4, 0.5) is 10.5 Å². The summed E-state index contributed by atoms with van der Waals surface area (Å²) in [6.45, 7) is 5.36. The van der Waals surface area contributed by atoms with E-state index in [2.05, 4.69) is 17.6 Å². The van der Waals surface area contributed by atoms with E-state index >= 15 is 0 Å². The van der Waals surface area contributed by atoms with Gasteiger partial charge in [0.1, 0.15) is 6.04 Å². The molecule has 0 aromatic heterocycles. The number of hydrogen-bond donors (Lipinski definition) is 2. The fourth-order valence-corrected chi connectivity index (χ4v) is 3.09. The Balaban J connectivity index is 1.52. The number of carbonyl (C=O) groups is 2. The second kappa shape index (κ2) is 8.04. The lowest BCUT2D eigenvalue weighted by Crippen LogP contribution is -2.43. The first-order valence-electron chi connectivity index (χ1n) is 9.06. The van der Waals surface area contributed by atoms with Crippen molar-refractivity contribution >= 4 is 17.6 Å². The van der Waals surface area contributed by atoms with E-state index < -0.39 is 6.04 Å². The van der Waals surface area contributed by atoms with Gasteiger partial charge in [0.05, 0.1) is 0 Å². The quantitative estimate of drug-likeness (QED) is 0.866. The van der Waals surface area contributed by atoms with Crippen molar-refractivity contribution in [3.05, 3.63) is 65.2 Å². The van der Waals surface area contributed by atoms with E-state index in [9.17, 15) is 9.59 Å². The second-order valence-corrected chi connectivity index (χ2v) is 6.74. The van der Waals surface area contributed by atoms with Crippen LogP contribution in [0.1, 0.15) is 30.0 Å². The highest BCUT2D eigenvalue weighted by atomic mass is 16.2. The summed E-state index contributed by atoms with van der Waals surface area (Å²) in [5, 5.41) is 5.58. The second-order valence-electron chi connectivity index (χ2n) is 6.74. The number of anilines is 1. The number of benzene rings is 2. The summed E-state index contributed by atoms with van der Waals surface area (Å²) in [6, 6.07) is 15.1. The number of carbonyl (C=O) groups excluding carboxylic acids is 2. The Kier molecular flexibility index (Phi) is 5.56. The molecule has 1 aliphatic rings. The van der Waals surface area contributed by atoms with Gasteiger partial charge in [0.25, 0.3) is 0 Å². The molecule has 0 aliphatic carbocycles. The van der Waals surface area contributed by atoms with E-state index in [0.717, 1.165) is 17.7 Å². The fourth-order valence-electron chi connectivity index (χ4n) is 3.09. The molecule has 0 spiro atoms. The van der Waals surface area contributed by atoms with Gasteiger partial charge in [-0.05, 0) is 43.0 Å². The molecule has 3 amide bonds. The van der Waals surface area contributed by atoms with Crippen LogP contribution in [0.2, 0.25) is 0 Å². The van der Waals surface area contributed by atoms with Crippen LogP contribution in [0.15, 0.2) is 48.5 Å². The fraction of sp³-hybridized carbons (Fsp3) is 0.333. The van der Waals surface area contributed by atoms with Gasteiger partial charge in [-0.15, -0.1) is 0 Å². The summed E-state index contributed by atoms with van der Waals surface area (Å²) in [5.41, 5.74) is 4.24. The summed E-state index contributed by atoms with van der Waals surface area (Å²) < 4.78 is 0. The number of amides is 3. The van der Waals surface area contributed by atoms with Crippen LogP contribution in [-0.4, -0.2) is 29.4 Å². The van der Waals surface area contributed by atoms with Crippen LogP contribution < -0.4 is 10.6 Å². The maximum Gasteiger partial charge on any atom is 0.319 e. The van der Waals surface area contributed by atoms with Crippen molar-refractivity contribution in [2.75, 3.05) is 11.9 Å². The largest absolute Gasteiger partial charge is 0.336 e. The van der Waals surface area contributed by atoms with E-state index in [1.54, 1.807) is 4.90 Å². The molecule has 2 aromatic rings. The average molecular weight is 351 g/mol. The molecule has 1 heterocycles. The van der Waals surface area contributed by atoms with Gasteiger partial charge in [0, 0.05) is 18.8 Å². The Morgan fingerprint density at radius 2 is 1.73 bits per heavy atom. The van der Waals surface area contributed by atoms with Crippen LogP contribution >= 0.6 is 0 Å². The number of nitrogens with one attached hydrogen (secondary N) is 2. The smallest absolute Gasteiger partial charge is 0.319 e. The Labute approximate surface area is 154 Å². The van der Waals surface area contributed by atoms with Crippen molar-refractivity contribution in [1.82, 2.24) is 10.2 Å². The van der Waals surface area contributed by atoms with Crippen molar-refractivity contribution in [2.45, 2.75) is 39.3 Å². The van der Waals surface area contributed by atoms with Gasteiger partial charge in [0.2, 0.25) is 5.91 Å². The summed E-state index contributed by atoms with van der Waals surface area (Å²) in [4.78, 5) is 26.5. The lowest BCUT2D eigenvalue weighted by atomic mass is 10.1. The standard InChI is InChI=1S/C21H25N3O2/c1-3-16-8-10-18(11-9-16)22-21(26)23-19-12-13-24(20(19)25)14-17-6-4-15(2)5-7-17/h4-11,19H,3,12-14H2,1-2H3,(H2,22,23,26)/t19-/m1/s1. The van der Waals surface area contributed by atoms with Crippen molar-refractivity contribution in [2.24, 2.45) is 0 Å². The van der Waals surface area contributed by atoms with Crippen molar-refractivity contribution in [1.29, 1.82) is 0 Å². The zero-order chi connectivity index (χ0) is 18.5. The molecule has 0 saturated carbocycles. The van der Waals surface area contributed by atoms with E-state index in [4.69, 9.17) is 0 Å². The van der Waals surface area contributed by atoms with Gasteiger partial charge in [-0.25, -0.2) is 4.79 Å². The third kappa shape index (κ3) is 4.42. The van der Waals surface area contributed by atoms with Gasteiger partial charge >= 0.3 is 6.03 Å². The molecule has 2 aromatic carbocycles. The highest BCUT2D eigenvalue weighted by molar-refractivity contribution is 5.94. The van der Waals surface area contributed by atoms with Crippen molar-refractivity contribution < 1.29 is 9.59 Å². The maximum atomic E-state index is 12.5. The predicted octanol–water partition coefficient (Wildman–Crippen LogP) is 3.48. The zero-order valence-corrected chi connectivity index (χ0v) is 15.3. The molecule has 136 valence electrons. The molecule has 26 heavy (non-hydrogen) atoms. The number of aryl methyl sites for hydroxylation is 2. The maximum absolute atomic E-state index is 12.5. The van der Waals surface area contributed by atoms with Crippen molar-refractivity contribution in [3.63, 3.8) is 0 Å². The molecule has 5 nitrogen and oxygen atoms in total. The number of urea groups is 1. The Morgan fingerprint density at radius 3 is 2.38 bits per heavy atom. The lowest BCUT2D eigenvalue weighted by molar-refractivity contribution is -0.129. The van der Waals surface area contributed by atoms with Crippen LogP contribution in [0, 0.1) is 6.92 Å². The zero-order valence-electron chi connectivity index (χ0n) is 15.3. The number of nitrogens with zero attached hydrogens (tertiary/aromatic N) is 1. The summed E-state index contributed by atoms with van der Waals surface area (Å²) in [6.07, 6.45) is 1.59. The van der Waals surface area contributed by atoms with Gasteiger partial charge in [-0.2, -0.15) is 0 Å². The van der Waals surface area contributed by atoms with E-state index in [0.29, 0.717) is 19.5 Å². The van der Waals surface area contributed by atoms with Gasteiger partial charge in [-0.1, -0.05) is 48.9 Å². The average Bonchev–Trinajstić information content (AvgIpc) is 2.97. The summed E-state index contributed by atoms with van der Waals surface area (Å²) in [5.74, 6) is -0.0259. The Morgan fingerprint density at radius 1 is 1.08 bits per heavy atom. The molecule has 0 bridgehead atoms. The molecular weight excluding hydrogens is 326 g/mol. The molecular formula is C21H25N3O2. The molecule has 0 unspecified atom stereocenters. The van der Waals surface area contributed by atoms with E-state index in [-0.39, 0.29) is 11.9 Å². The minimum atomic E-state index is -0.463. The van der Waals surface area contributed by atoms with Gasteiger partial charge < -0.3 is 15.5 Å². The molecule has 5 heteroatoms. The van der Waals surface area contributed by atoms with E-state index in [1.165, 1.54) is 11.1 Å². The van der Waals surface area contributed by atoms with E-state index in [1.807, 2.05) is 55.5 Å². The molecule has 1 aliphatic heterocycles. The topological polar surface area (TPSA) is 61.4 Å². The van der Waals surface area contributed by atoms with Gasteiger partial charge in [-0.3, -0.25) is 4.79 Å². The Hall–Kier alpha value is -2.82. The molecule has 3 rings (SSSR count). The van der Waals surface area contributed by atoms with Crippen LogP contribution in [0.25, 0.3) is 0 Å². The number of rotatable bonds is 5. The highest BCUT2D eigenvalue weighted by Gasteiger charge is 2.32. The third-order valence-electron chi connectivity index (χ3n) is 4.72. The molecule has 0 radical (unpaired) electrons. The van der Waals surface area contributed by atoms with Crippen LogP contribution in [0.5, 0.6) is 0 Å². The number of hydrogen-bond acceptors (Lipinski definition) is 2. The van der Waals surface area contributed by atoms with Crippen molar-refractivity contribution in [3.8, 4) is 0 Å². The molecule has 1 fully saturated rings. The first kappa shape index (κ1) is 18.0. The number of likely N-dealkylation sites (tertiary alicyclic amines) is 1. The monoisotopic (exact) mass is 351 g/mol. The Bertz CT molecular complexity index is 769. The minimum Gasteiger partial charge on any atom is -0.336 e. The van der Waals surface area contributed by atoms with Crippen LogP contribution in [-0.2, 0) is 17.8 Å². The summed E-state index contributed by atoms with van der Waals surface area (Å²) in [7, 11) is 0. The normalized spacial score (nSPS) is 16.6. The minimum absolute atomic E-state index is 0.0259. The lowest BCUT2D eigenvalue weighted by Gasteiger charge is -2.17. The highest BCUT2D eigenvalue weighted by Crippen LogP contribution is 2.16. The first-order chi connectivity index (χ1) is 12.5. The SMILES string of the molecule is CCc1ccc(NC(=O)N[C@@H]2CCN(Cc3ccc(C)cc3)C2=O)cc1. The first-order valence-corrected chi connectivity index (χ1v) is 9.06. The predicted molar refractivity (Wildman–Crippen MR) is 103 cm³/mol. The van der Waals surface area contributed by atoms with Crippen LogP contribution in [0.3, 0.4) is 0 Å². The van der Waals surface area contributed by atoms with Gasteiger partial charge in [0.15, 0.2) is 0 Å². The molecule has 2 N–H and O–H groups in total.